The Morgan fingerprint density at radius 1 is 0.972 bits per heavy atom. The van der Waals surface area contributed by atoms with Gasteiger partial charge in [0.05, 0.1) is 0 Å². The van der Waals surface area contributed by atoms with Gasteiger partial charge in [0, 0.05) is 51.1 Å². The van der Waals surface area contributed by atoms with Crippen LogP contribution in [0, 0.1) is 0 Å². The molecule has 0 spiro atoms. The van der Waals surface area contributed by atoms with Crippen LogP contribution in [0.15, 0.2) is 71.5 Å². The van der Waals surface area contributed by atoms with Crippen LogP contribution in [-0.4, -0.2) is 71.0 Å². The monoisotopic (exact) mass is 498 g/mol. The number of hydrogen-bond acceptors (Lipinski definition) is 2. The van der Waals surface area contributed by atoms with Gasteiger partial charge in [-0.15, -0.1) is 0 Å². The van der Waals surface area contributed by atoms with Crippen LogP contribution in [0.1, 0.15) is 41.3 Å². The van der Waals surface area contributed by atoms with Gasteiger partial charge in [0.1, 0.15) is 22.2 Å². The van der Waals surface area contributed by atoms with Gasteiger partial charge in [-0.05, 0) is 63.4 Å². The summed E-state index contributed by atoms with van der Waals surface area (Å²) in [4.78, 5) is 17.7. The van der Waals surface area contributed by atoms with Gasteiger partial charge in [-0.25, -0.2) is 4.58 Å². The highest BCUT2D eigenvalue weighted by Gasteiger charge is 2.41. The average molecular weight is 499 g/mol. The fourth-order valence-electron chi connectivity index (χ4n) is 5.26. The Kier molecular flexibility index (Phi) is 7.23. The SMILES string of the molecule is CCCCN(C)C(=O)c1ccccc1C1=C2C=CC(=[N+](C)C)C=C2[Si](C)(C)c2cc(N(C)C)ccc21. The van der Waals surface area contributed by atoms with E-state index in [-0.39, 0.29) is 5.91 Å². The van der Waals surface area contributed by atoms with Crippen LogP contribution in [0.2, 0.25) is 13.1 Å². The maximum absolute atomic E-state index is 13.7. The van der Waals surface area contributed by atoms with Crippen LogP contribution in [0.25, 0.3) is 5.57 Å². The number of nitrogens with zero attached hydrogens (tertiary/aromatic N) is 3. The molecular weight excluding hydrogens is 458 g/mol. The van der Waals surface area contributed by atoms with Crippen LogP contribution < -0.4 is 10.1 Å². The molecule has 36 heavy (non-hydrogen) atoms. The smallest absolute Gasteiger partial charge is 0.254 e. The molecule has 0 saturated carbocycles. The molecule has 4 nitrogen and oxygen atoms in total. The molecule has 0 radical (unpaired) electrons. The predicted molar refractivity (Wildman–Crippen MR) is 157 cm³/mol. The van der Waals surface area contributed by atoms with Crippen molar-refractivity contribution < 1.29 is 9.37 Å². The minimum absolute atomic E-state index is 0.0894. The molecule has 0 aromatic heterocycles. The minimum atomic E-state index is -2.01. The van der Waals surface area contributed by atoms with Crippen LogP contribution >= 0.6 is 0 Å². The van der Waals surface area contributed by atoms with Crippen molar-refractivity contribution in [2.45, 2.75) is 32.9 Å². The highest BCUT2D eigenvalue weighted by molar-refractivity contribution is 6.98. The number of amides is 1. The van der Waals surface area contributed by atoms with Crippen molar-refractivity contribution in [3.8, 4) is 0 Å². The molecule has 2 aromatic carbocycles. The molecule has 0 atom stereocenters. The van der Waals surface area contributed by atoms with E-state index in [1.807, 2.05) is 24.1 Å². The van der Waals surface area contributed by atoms with Gasteiger partial charge in [-0.3, -0.25) is 4.79 Å². The summed E-state index contributed by atoms with van der Waals surface area (Å²) in [5.41, 5.74) is 7.92. The molecule has 188 valence electrons. The van der Waals surface area contributed by atoms with Gasteiger partial charge < -0.3 is 9.80 Å². The Bertz CT molecular complexity index is 1320. The van der Waals surface area contributed by atoms with Crippen molar-refractivity contribution in [3.63, 3.8) is 0 Å². The second-order valence-electron chi connectivity index (χ2n) is 10.9. The first-order valence-electron chi connectivity index (χ1n) is 12.9. The van der Waals surface area contributed by atoms with Crippen molar-refractivity contribution in [2.24, 2.45) is 0 Å². The lowest BCUT2D eigenvalue weighted by Crippen LogP contribution is -2.49. The van der Waals surface area contributed by atoms with Gasteiger partial charge >= 0.3 is 0 Å². The number of anilines is 1. The Morgan fingerprint density at radius 3 is 2.36 bits per heavy atom. The third kappa shape index (κ3) is 4.52. The van der Waals surface area contributed by atoms with Crippen molar-refractivity contribution in [1.82, 2.24) is 4.90 Å². The fraction of sp³-hybridized carbons (Fsp3) is 0.355. The summed E-state index contributed by atoms with van der Waals surface area (Å²) in [5, 5.41) is 2.85. The molecule has 1 aliphatic heterocycles. The topological polar surface area (TPSA) is 26.6 Å². The molecule has 0 saturated heterocycles. The van der Waals surface area contributed by atoms with E-state index >= 15 is 0 Å². The number of carbonyl (C=O) groups excluding carboxylic acids is 1. The number of hydrogen-bond donors (Lipinski definition) is 0. The molecule has 1 amide bonds. The molecule has 1 aliphatic carbocycles. The van der Waals surface area contributed by atoms with Gasteiger partial charge in [0.25, 0.3) is 5.91 Å². The Labute approximate surface area is 218 Å². The van der Waals surface area contributed by atoms with Crippen LogP contribution in [-0.2, 0) is 0 Å². The first kappa shape index (κ1) is 25.9. The molecule has 4 rings (SSSR count). The second kappa shape index (κ2) is 10.1. The number of carbonyl (C=O) groups is 1. The molecule has 0 bridgehead atoms. The number of unbranched alkanes of at least 4 members (excludes halogenated alkanes) is 1. The molecule has 0 unspecified atom stereocenters. The maximum atomic E-state index is 13.7. The van der Waals surface area contributed by atoms with Crippen molar-refractivity contribution in [3.05, 3.63) is 88.2 Å². The predicted octanol–water partition coefficient (Wildman–Crippen LogP) is 5.10. The average Bonchev–Trinajstić information content (AvgIpc) is 2.86. The highest BCUT2D eigenvalue weighted by Crippen LogP contribution is 2.42. The third-order valence-electron chi connectivity index (χ3n) is 7.55. The maximum Gasteiger partial charge on any atom is 0.254 e. The van der Waals surface area contributed by atoms with Gasteiger partial charge in [0.15, 0.2) is 5.71 Å². The summed E-state index contributed by atoms with van der Waals surface area (Å²) in [7, 11) is 8.30. The van der Waals surface area contributed by atoms with Crippen LogP contribution in [0.4, 0.5) is 5.69 Å². The van der Waals surface area contributed by atoms with Crippen molar-refractivity contribution in [2.75, 3.05) is 46.7 Å². The Balaban J connectivity index is 2.02. The van der Waals surface area contributed by atoms with Crippen molar-refractivity contribution >= 4 is 36.1 Å². The van der Waals surface area contributed by atoms with E-state index in [1.165, 1.54) is 38.5 Å². The molecular formula is C31H40N3OSi+. The Hall–Kier alpha value is -3.18. The molecule has 5 heteroatoms. The van der Waals surface area contributed by atoms with E-state index in [9.17, 15) is 4.79 Å². The van der Waals surface area contributed by atoms with Gasteiger partial charge in [0.2, 0.25) is 0 Å². The fourth-order valence-corrected chi connectivity index (χ4v) is 8.33. The van der Waals surface area contributed by atoms with Crippen molar-refractivity contribution in [1.29, 1.82) is 0 Å². The molecule has 2 aromatic rings. The van der Waals surface area contributed by atoms with Gasteiger partial charge in [-0.2, -0.15) is 0 Å². The van der Waals surface area contributed by atoms with E-state index in [1.54, 1.807) is 0 Å². The number of rotatable bonds is 6. The van der Waals surface area contributed by atoms with E-state index in [0.717, 1.165) is 30.5 Å². The summed E-state index contributed by atoms with van der Waals surface area (Å²) in [6, 6.07) is 15.0. The summed E-state index contributed by atoms with van der Waals surface area (Å²) >= 11 is 0. The summed E-state index contributed by atoms with van der Waals surface area (Å²) in [6.07, 6.45) is 8.94. The minimum Gasteiger partial charge on any atom is -0.378 e. The first-order chi connectivity index (χ1) is 17.1. The lowest BCUT2D eigenvalue weighted by Gasteiger charge is -2.38. The van der Waals surface area contributed by atoms with E-state index in [4.69, 9.17) is 0 Å². The molecule has 2 aliphatic rings. The molecule has 0 N–H and O–H groups in total. The lowest BCUT2D eigenvalue weighted by molar-refractivity contribution is -0.462. The standard InChI is InChI=1S/C31H40N3OSi/c1-9-10-19-34(6)31(35)25-14-12-11-13-24(25)30-26-17-15-22(32(2)3)20-28(26)36(7,8)29-21-23(33(4)5)16-18-27(29)30/h11-18,20-21H,9-10,19H2,1-8H3/q+1. The molecule has 1 heterocycles. The van der Waals surface area contributed by atoms with Crippen LogP contribution in [0.3, 0.4) is 0 Å². The quantitative estimate of drug-likeness (QED) is 0.409. The number of fused-ring (bicyclic) bond motifs is 2. The molecule has 0 fully saturated rings. The lowest BCUT2D eigenvalue weighted by atomic mass is 9.87. The normalized spacial score (nSPS) is 15.8. The number of benzene rings is 2. The Morgan fingerprint density at radius 2 is 1.69 bits per heavy atom. The summed E-state index contributed by atoms with van der Waals surface area (Å²) < 4.78 is 2.18. The largest absolute Gasteiger partial charge is 0.378 e. The zero-order valence-corrected chi connectivity index (χ0v) is 24.1. The third-order valence-corrected chi connectivity index (χ3v) is 11.1. The van der Waals surface area contributed by atoms with E-state index in [0.29, 0.717) is 0 Å². The zero-order valence-electron chi connectivity index (χ0n) is 23.1. The summed E-state index contributed by atoms with van der Waals surface area (Å²) in [6.45, 7) is 7.84. The zero-order chi connectivity index (χ0) is 26.2. The highest BCUT2D eigenvalue weighted by atomic mass is 28.3. The van der Waals surface area contributed by atoms with E-state index < -0.39 is 8.07 Å². The summed E-state index contributed by atoms with van der Waals surface area (Å²) in [5.74, 6) is 0.0894. The number of allylic oxidation sites excluding steroid dienone is 5. The van der Waals surface area contributed by atoms with Crippen LogP contribution in [0.5, 0.6) is 0 Å². The van der Waals surface area contributed by atoms with Gasteiger partial charge in [-0.1, -0.05) is 50.7 Å². The second-order valence-corrected chi connectivity index (χ2v) is 15.2. The van der Waals surface area contributed by atoms with E-state index in [2.05, 4.69) is 106 Å². The first-order valence-corrected chi connectivity index (χ1v) is 15.9.